The third kappa shape index (κ3) is 2.23. The van der Waals surface area contributed by atoms with Crippen molar-refractivity contribution in [3.63, 3.8) is 0 Å². The van der Waals surface area contributed by atoms with Crippen LogP contribution in [-0.4, -0.2) is 44.0 Å². The quantitative estimate of drug-likeness (QED) is 0.522. The second kappa shape index (κ2) is 3.24. The first-order valence-corrected chi connectivity index (χ1v) is 4.54. The molecule has 0 aromatic carbocycles. The second-order valence-electron chi connectivity index (χ2n) is 4.91. The number of carboxylic acids is 1. The molecule has 2 N–H and O–H groups in total. The molecule has 1 rings (SSSR count). The molecular weight excluding hydrogens is 184 g/mol. The molecule has 1 saturated carbocycles. The van der Waals surface area contributed by atoms with Crippen molar-refractivity contribution >= 4 is 11.9 Å². The summed E-state index contributed by atoms with van der Waals surface area (Å²) in [5.74, 6) is -3.05. The highest BCUT2D eigenvalue weighted by Gasteiger charge is 2.56. The van der Waals surface area contributed by atoms with Gasteiger partial charge in [0.2, 0.25) is 5.91 Å². The number of carbonyl (C=O) groups excluding carboxylic acids is 2. The van der Waals surface area contributed by atoms with Crippen LogP contribution in [0.25, 0.3) is 0 Å². The number of carbonyl (C=O) groups is 2. The Labute approximate surface area is 83.1 Å². The van der Waals surface area contributed by atoms with Gasteiger partial charge in [-0.25, -0.2) is 0 Å². The molecule has 1 aliphatic carbocycles. The van der Waals surface area contributed by atoms with Crippen LogP contribution in [0, 0.1) is 17.8 Å². The lowest BCUT2D eigenvalue weighted by atomic mass is 10.3. The number of amides is 1. The van der Waals surface area contributed by atoms with Gasteiger partial charge in [-0.15, -0.1) is 0 Å². The molecule has 0 aliphatic heterocycles. The van der Waals surface area contributed by atoms with Gasteiger partial charge in [0.25, 0.3) is 0 Å². The molecular formula is C9H16N2O3. The molecule has 80 valence electrons. The molecule has 1 amide bonds. The van der Waals surface area contributed by atoms with Gasteiger partial charge in [-0.2, -0.15) is 0 Å². The summed E-state index contributed by atoms with van der Waals surface area (Å²) in [7, 11) is 5.84. The minimum absolute atomic E-state index is 0.155. The molecule has 0 spiro atoms. The first-order valence-electron chi connectivity index (χ1n) is 4.54. The van der Waals surface area contributed by atoms with Crippen LogP contribution in [0.4, 0.5) is 0 Å². The van der Waals surface area contributed by atoms with Crippen molar-refractivity contribution < 1.29 is 19.2 Å². The lowest BCUT2D eigenvalue weighted by Gasteiger charge is -2.24. The highest BCUT2D eigenvalue weighted by molar-refractivity contribution is 5.88. The molecule has 0 bridgehead atoms. The van der Waals surface area contributed by atoms with Crippen molar-refractivity contribution in [2.45, 2.75) is 0 Å². The number of aliphatic carboxylic acids is 1. The molecule has 14 heavy (non-hydrogen) atoms. The van der Waals surface area contributed by atoms with Gasteiger partial charge in [-0.1, -0.05) is 0 Å². The molecule has 0 heterocycles. The van der Waals surface area contributed by atoms with E-state index in [1.165, 1.54) is 0 Å². The van der Waals surface area contributed by atoms with Gasteiger partial charge < -0.3 is 20.1 Å². The van der Waals surface area contributed by atoms with E-state index >= 15 is 0 Å². The van der Waals surface area contributed by atoms with Gasteiger partial charge in [-0.05, 0) is 0 Å². The Hall–Kier alpha value is -1.10. The summed E-state index contributed by atoms with van der Waals surface area (Å²) in [5.41, 5.74) is 5.10. The van der Waals surface area contributed by atoms with E-state index in [2.05, 4.69) is 0 Å². The van der Waals surface area contributed by atoms with Crippen molar-refractivity contribution in [1.82, 2.24) is 0 Å². The number of nitrogens with two attached hydrogens (primary N) is 1. The molecule has 3 atom stereocenters. The average molecular weight is 200 g/mol. The minimum atomic E-state index is -1.16. The van der Waals surface area contributed by atoms with Gasteiger partial charge in [0.15, 0.2) is 0 Å². The van der Waals surface area contributed by atoms with Crippen LogP contribution >= 0.6 is 0 Å². The maximum atomic E-state index is 10.9. The monoisotopic (exact) mass is 200 g/mol. The van der Waals surface area contributed by atoms with E-state index in [0.29, 0.717) is 11.0 Å². The first kappa shape index (κ1) is 11.0. The van der Waals surface area contributed by atoms with E-state index in [-0.39, 0.29) is 5.92 Å². The van der Waals surface area contributed by atoms with Crippen LogP contribution in [0.3, 0.4) is 0 Å². The summed E-state index contributed by atoms with van der Waals surface area (Å²) in [6.45, 7) is 0.631. The Morgan fingerprint density at radius 2 is 1.79 bits per heavy atom. The third-order valence-electron chi connectivity index (χ3n) is 2.53. The molecule has 5 heteroatoms. The Bertz CT molecular complexity index is 250. The third-order valence-corrected chi connectivity index (χ3v) is 2.53. The van der Waals surface area contributed by atoms with Gasteiger partial charge in [0.1, 0.15) is 0 Å². The van der Waals surface area contributed by atoms with Crippen LogP contribution in [0.2, 0.25) is 0 Å². The summed E-state index contributed by atoms with van der Waals surface area (Å²) < 4.78 is 0.623. The lowest BCUT2D eigenvalue weighted by Crippen LogP contribution is -2.38. The second-order valence-corrected chi connectivity index (χ2v) is 4.91. The van der Waals surface area contributed by atoms with Crippen molar-refractivity contribution in [3.05, 3.63) is 0 Å². The molecule has 1 aliphatic rings. The fourth-order valence-corrected chi connectivity index (χ4v) is 1.94. The van der Waals surface area contributed by atoms with Crippen LogP contribution in [0.15, 0.2) is 0 Å². The fraction of sp³-hybridized carbons (Fsp3) is 0.778. The number of nitrogens with zero attached hydrogens (tertiary/aromatic N) is 1. The molecule has 0 saturated heterocycles. The molecule has 1 fully saturated rings. The Morgan fingerprint density at radius 3 is 2.00 bits per heavy atom. The van der Waals surface area contributed by atoms with E-state index in [1.807, 2.05) is 21.1 Å². The average Bonchev–Trinajstić information content (AvgIpc) is 2.57. The standard InChI is InChI=1S/C9H16N2O3/c1-11(2,3)4-5-6(8(10)12)7(5)9(13)14/h5-7H,4H2,1-3H3,(H2-,10,12,13,14)/t5-,6-,7-/m1/s1. The normalized spacial score (nSPS) is 31.2. The van der Waals surface area contributed by atoms with Crippen molar-refractivity contribution in [1.29, 1.82) is 0 Å². The zero-order valence-electron chi connectivity index (χ0n) is 8.69. The first-order chi connectivity index (χ1) is 6.24. The summed E-state index contributed by atoms with van der Waals surface area (Å²) in [4.78, 5) is 21.5. The SMILES string of the molecule is C[N+](C)(C)C[C@@H]1[C@@H](C(N)=O)[C@@H]1C(=O)[O-]. The van der Waals surface area contributed by atoms with Gasteiger partial charge in [0, 0.05) is 17.8 Å². The predicted molar refractivity (Wildman–Crippen MR) is 47.6 cm³/mol. The topological polar surface area (TPSA) is 83.2 Å². The maximum absolute atomic E-state index is 10.9. The van der Waals surface area contributed by atoms with Gasteiger partial charge >= 0.3 is 0 Å². The zero-order chi connectivity index (χ0) is 11.1. The van der Waals surface area contributed by atoms with Gasteiger partial charge in [0.05, 0.1) is 33.6 Å². The van der Waals surface area contributed by atoms with Crippen LogP contribution in [0.1, 0.15) is 0 Å². The summed E-state index contributed by atoms with van der Waals surface area (Å²) in [6, 6.07) is 0. The van der Waals surface area contributed by atoms with Gasteiger partial charge in [-0.3, -0.25) is 4.79 Å². The highest BCUT2D eigenvalue weighted by atomic mass is 16.4. The Kier molecular flexibility index (Phi) is 2.54. The highest BCUT2D eigenvalue weighted by Crippen LogP contribution is 2.46. The summed E-state index contributed by atoms with van der Waals surface area (Å²) in [6.07, 6.45) is 0. The largest absolute Gasteiger partial charge is 0.550 e. The molecule has 0 aromatic rings. The maximum Gasteiger partial charge on any atom is 0.221 e. The number of quaternary nitrogens is 1. The van der Waals surface area contributed by atoms with Crippen LogP contribution < -0.4 is 10.8 Å². The fourth-order valence-electron chi connectivity index (χ4n) is 1.94. The summed E-state index contributed by atoms with van der Waals surface area (Å²) >= 11 is 0. The molecule has 0 unspecified atom stereocenters. The minimum Gasteiger partial charge on any atom is -0.550 e. The van der Waals surface area contributed by atoms with E-state index < -0.39 is 23.7 Å². The molecule has 0 radical (unpaired) electrons. The van der Waals surface area contributed by atoms with Crippen molar-refractivity contribution in [3.8, 4) is 0 Å². The van der Waals surface area contributed by atoms with E-state index in [1.54, 1.807) is 0 Å². The Balaban J connectivity index is 2.64. The number of hydrogen-bond donors (Lipinski definition) is 1. The number of hydrogen-bond acceptors (Lipinski definition) is 3. The number of primary amides is 1. The summed E-state index contributed by atoms with van der Waals surface area (Å²) in [5, 5.41) is 10.6. The smallest absolute Gasteiger partial charge is 0.221 e. The van der Waals surface area contributed by atoms with Crippen molar-refractivity contribution in [2.75, 3.05) is 27.7 Å². The van der Waals surface area contributed by atoms with Crippen molar-refractivity contribution in [2.24, 2.45) is 23.5 Å². The van der Waals surface area contributed by atoms with Crippen LogP contribution in [0.5, 0.6) is 0 Å². The molecule has 0 aromatic heterocycles. The zero-order valence-corrected chi connectivity index (χ0v) is 8.69. The number of rotatable bonds is 4. The molecule has 5 nitrogen and oxygen atoms in total. The Morgan fingerprint density at radius 1 is 1.29 bits per heavy atom. The lowest BCUT2D eigenvalue weighted by molar-refractivity contribution is -0.872. The van der Waals surface area contributed by atoms with E-state index in [9.17, 15) is 14.7 Å². The predicted octanol–water partition coefficient (Wildman–Crippen LogP) is -2.21. The number of carboxylic acid groups (broad SMARTS) is 1. The van der Waals surface area contributed by atoms with Crippen LogP contribution in [-0.2, 0) is 9.59 Å². The van der Waals surface area contributed by atoms with E-state index in [4.69, 9.17) is 5.73 Å². The van der Waals surface area contributed by atoms with E-state index in [0.717, 1.165) is 0 Å².